The number of hydrogen-bond acceptors (Lipinski definition) is 6. The van der Waals surface area contributed by atoms with Gasteiger partial charge in [0.2, 0.25) is 5.88 Å². The summed E-state index contributed by atoms with van der Waals surface area (Å²) in [7, 11) is 0. The molecule has 1 N–H and O–H groups in total. The van der Waals surface area contributed by atoms with Gasteiger partial charge in [0.25, 0.3) is 0 Å². The smallest absolute Gasteiger partial charge is 0.410 e. The van der Waals surface area contributed by atoms with E-state index in [1.165, 1.54) is 0 Å². The van der Waals surface area contributed by atoms with Crippen molar-refractivity contribution in [1.82, 2.24) is 14.8 Å². The van der Waals surface area contributed by atoms with Crippen LogP contribution in [0.3, 0.4) is 0 Å². The number of carboxylic acids is 1. The maximum absolute atomic E-state index is 12.6. The van der Waals surface area contributed by atoms with Crippen molar-refractivity contribution in [2.45, 2.75) is 51.2 Å². The Morgan fingerprint density at radius 1 is 1.08 bits per heavy atom. The fourth-order valence-electron chi connectivity index (χ4n) is 5.24. The predicted molar refractivity (Wildman–Crippen MR) is 142 cm³/mol. The Hall–Kier alpha value is -3.91. The summed E-state index contributed by atoms with van der Waals surface area (Å²) in [5.74, 6) is -0.306. The highest BCUT2D eigenvalue weighted by atomic mass is 16.6. The van der Waals surface area contributed by atoms with Gasteiger partial charge in [-0.25, -0.2) is 9.78 Å². The Labute approximate surface area is 222 Å². The molecule has 0 bridgehead atoms. The number of carbonyl (C=O) groups is 2. The van der Waals surface area contributed by atoms with Gasteiger partial charge in [0.15, 0.2) is 0 Å². The number of ether oxygens (including phenoxy) is 2. The van der Waals surface area contributed by atoms with Crippen molar-refractivity contribution >= 4 is 12.1 Å². The molecule has 1 amide bonds. The zero-order valence-electron chi connectivity index (χ0n) is 21.7. The van der Waals surface area contributed by atoms with E-state index in [1.807, 2.05) is 42.2 Å². The van der Waals surface area contributed by atoms with E-state index in [9.17, 15) is 14.7 Å². The highest BCUT2D eigenvalue weighted by molar-refractivity contribution is 5.75. The average molecular weight is 516 g/mol. The molecule has 0 saturated carbocycles. The summed E-state index contributed by atoms with van der Waals surface area (Å²) < 4.78 is 11.3. The molecule has 2 aliphatic rings. The molecule has 8 nitrogen and oxygen atoms in total. The molecule has 8 heteroatoms. The summed E-state index contributed by atoms with van der Waals surface area (Å²) in [6.45, 7) is 6.64. The van der Waals surface area contributed by atoms with Crippen LogP contribution in [0.15, 0.2) is 66.7 Å². The fourth-order valence-corrected chi connectivity index (χ4v) is 5.24. The maximum Gasteiger partial charge on any atom is 0.410 e. The van der Waals surface area contributed by atoms with E-state index in [4.69, 9.17) is 9.47 Å². The average Bonchev–Trinajstić information content (AvgIpc) is 3.32. The van der Waals surface area contributed by atoms with E-state index in [2.05, 4.69) is 22.0 Å². The summed E-state index contributed by atoms with van der Waals surface area (Å²) in [6.07, 6.45) is 1.60. The minimum Gasteiger partial charge on any atom is -0.481 e. The van der Waals surface area contributed by atoms with Gasteiger partial charge >= 0.3 is 12.1 Å². The minimum absolute atomic E-state index is 0.0176. The molecule has 2 aromatic carbocycles. The van der Waals surface area contributed by atoms with Crippen LogP contribution in [-0.4, -0.2) is 57.7 Å². The van der Waals surface area contributed by atoms with Crippen LogP contribution in [0.25, 0.3) is 0 Å². The summed E-state index contributed by atoms with van der Waals surface area (Å²) >= 11 is 0. The highest BCUT2D eigenvalue weighted by Crippen LogP contribution is 2.33. The van der Waals surface area contributed by atoms with Gasteiger partial charge in [-0.1, -0.05) is 48.5 Å². The lowest BCUT2D eigenvalue weighted by atomic mass is 9.98. The fraction of sp³-hybridized carbons (Fsp3) is 0.367. The lowest BCUT2D eigenvalue weighted by molar-refractivity contribution is -0.138. The molecule has 2 saturated heterocycles. The van der Waals surface area contributed by atoms with Crippen LogP contribution in [-0.2, 0) is 16.1 Å². The number of aromatic nitrogens is 1. The van der Waals surface area contributed by atoms with Crippen molar-refractivity contribution < 1.29 is 24.2 Å². The lowest BCUT2D eigenvalue weighted by Gasteiger charge is -2.38. The van der Waals surface area contributed by atoms with Crippen LogP contribution < -0.4 is 4.74 Å². The molecule has 1 unspecified atom stereocenters. The molecule has 0 spiro atoms. The van der Waals surface area contributed by atoms with Crippen LogP contribution in [0.1, 0.15) is 54.1 Å². The van der Waals surface area contributed by atoms with Gasteiger partial charge in [-0.05, 0) is 55.5 Å². The van der Waals surface area contributed by atoms with E-state index >= 15 is 0 Å². The number of rotatable bonds is 8. The topological polar surface area (TPSA) is 92.2 Å². The first-order valence-corrected chi connectivity index (χ1v) is 13.1. The number of pyridine rings is 1. The van der Waals surface area contributed by atoms with Crippen LogP contribution in [0.2, 0.25) is 0 Å². The normalized spacial score (nSPS) is 19.3. The molecular weight excluding hydrogens is 482 g/mol. The van der Waals surface area contributed by atoms with Crippen molar-refractivity contribution in [2.24, 2.45) is 0 Å². The second kappa shape index (κ2) is 11.2. The summed E-state index contributed by atoms with van der Waals surface area (Å²) in [5, 5.41) is 9.18. The number of nitrogens with zero attached hydrogens (tertiary/aromatic N) is 3. The summed E-state index contributed by atoms with van der Waals surface area (Å²) in [5.41, 5.74) is 3.90. The Balaban J connectivity index is 1.16. The predicted octanol–water partition coefficient (Wildman–Crippen LogP) is 5.53. The Kier molecular flexibility index (Phi) is 7.60. The second-order valence-corrected chi connectivity index (χ2v) is 10.0. The second-order valence-electron chi connectivity index (χ2n) is 10.0. The van der Waals surface area contributed by atoms with E-state index < -0.39 is 11.9 Å². The first kappa shape index (κ1) is 25.7. The third kappa shape index (κ3) is 5.65. The largest absolute Gasteiger partial charge is 0.481 e. The van der Waals surface area contributed by atoms with Crippen LogP contribution in [0.4, 0.5) is 4.79 Å². The quantitative estimate of drug-likeness (QED) is 0.422. The van der Waals surface area contributed by atoms with Crippen molar-refractivity contribution in [3.63, 3.8) is 0 Å². The van der Waals surface area contributed by atoms with Gasteiger partial charge in [-0.15, -0.1) is 0 Å². The molecule has 2 atom stereocenters. The number of cyclic esters (lactones) is 1. The third-order valence-corrected chi connectivity index (χ3v) is 7.58. The molecule has 3 heterocycles. The molecule has 5 rings (SSSR count). The van der Waals surface area contributed by atoms with Gasteiger partial charge < -0.3 is 14.6 Å². The van der Waals surface area contributed by atoms with Crippen LogP contribution in [0, 0.1) is 6.92 Å². The molecule has 2 fully saturated rings. The monoisotopic (exact) mass is 515 g/mol. The number of benzene rings is 2. The molecule has 198 valence electrons. The molecule has 0 aliphatic carbocycles. The SMILES string of the molecule is Cc1nc(Oc2ccc(C(C)C(=O)O)cc2)ccc1CN1CCC(N2C(=O)OC[C@H]2c2ccccc2)CC1. The van der Waals surface area contributed by atoms with Gasteiger partial charge in [-0.3, -0.25) is 14.6 Å². The molecule has 1 aromatic heterocycles. The molecule has 0 radical (unpaired) electrons. The number of likely N-dealkylation sites (tertiary alicyclic amines) is 1. The zero-order valence-corrected chi connectivity index (χ0v) is 21.7. The number of carboxylic acid groups (broad SMARTS) is 1. The Morgan fingerprint density at radius 2 is 1.79 bits per heavy atom. The summed E-state index contributed by atoms with van der Waals surface area (Å²) in [4.78, 5) is 32.7. The molecule has 38 heavy (non-hydrogen) atoms. The van der Waals surface area contributed by atoms with Gasteiger partial charge in [0.1, 0.15) is 12.4 Å². The van der Waals surface area contributed by atoms with E-state index in [0.717, 1.165) is 54.9 Å². The van der Waals surface area contributed by atoms with Gasteiger partial charge in [0.05, 0.1) is 12.0 Å². The number of aliphatic carboxylic acids is 1. The number of hydrogen-bond donors (Lipinski definition) is 1. The molecule has 2 aliphatic heterocycles. The number of carbonyl (C=O) groups excluding carboxylic acids is 1. The standard InChI is InChI=1S/C30H33N3O5/c1-20(29(34)35)22-8-11-26(12-9-22)38-28-13-10-24(21(2)31-28)18-32-16-14-25(15-17-32)33-27(19-37-30(33)36)23-6-4-3-5-7-23/h3-13,20,25,27H,14-19H2,1-2H3,(H,34,35)/t20?,27-/m0/s1. The highest BCUT2D eigenvalue weighted by Gasteiger charge is 2.40. The van der Waals surface area contributed by atoms with Crippen molar-refractivity contribution in [3.05, 3.63) is 89.1 Å². The van der Waals surface area contributed by atoms with E-state index in [1.54, 1.807) is 31.2 Å². The van der Waals surface area contributed by atoms with Crippen LogP contribution >= 0.6 is 0 Å². The van der Waals surface area contributed by atoms with E-state index in [-0.39, 0.29) is 18.2 Å². The minimum atomic E-state index is -0.856. The molecular formula is C30H33N3O5. The van der Waals surface area contributed by atoms with Crippen molar-refractivity contribution in [1.29, 1.82) is 0 Å². The van der Waals surface area contributed by atoms with E-state index in [0.29, 0.717) is 18.2 Å². The first-order chi connectivity index (χ1) is 18.4. The van der Waals surface area contributed by atoms with Crippen molar-refractivity contribution in [3.8, 4) is 11.6 Å². The Morgan fingerprint density at radius 3 is 2.45 bits per heavy atom. The third-order valence-electron chi connectivity index (χ3n) is 7.58. The van der Waals surface area contributed by atoms with Crippen LogP contribution in [0.5, 0.6) is 11.6 Å². The maximum atomic E-state index is 12.6. The van der Waals surface area contributed by atoms with Crippen molar-refractivity contribution in [2.75, 3.05) is 19.7 Å². The first-order valence-electron chi connectivity index (χ1n) is 13.1. The molecule has 3 aromatic rings. The number of aryl methyl sites for hydroxylation is 1. The van der Waals surface area contributed by atoms with Gasteiger partial charge in [0, 0.05) is 37.4 Å². The summed E-state index contributed by atoms with van der Waals surface area (Å²) in [6, 6.07) is 21.3. The number of piperidine rings is 1. The Bertz CT molecular complexity index is 1270. The zero-order chi connectivity index (χ0) is 26.6. The lowest BCUT2D eigenvalue weighted by Crippen LogP contribution is -2.46. The number of amides is 1. The van der Waals surface area contributed by atoms with Gasteiger partial charge in [-0.2, -0.15) is 0 Å².